The minimum Gasteiger partial charge on any atom is -0.341 e. The van der Waals surface area contributed by atoms with E-state index in [-0.39, 0.29) is 5.91 Å². The molecule has 2 saturated heterocycles. The zero-order valence-electron chi connectivity index (χ0n) is 12.8. The number of likely N-dealkylation sites (tertiary alicyclic amines) is 1. The van der Waals surface area contributed by atoms with Gasteiger partial charge in [-0.25, -0.2) is 9.97 Å². The summed E-state index contributed by atoms with van der Waals surface area (Å²) >= 11 is 0. The lowest BCUT2D eigenvalue weighted by atomic mass is 10.1. The molecule has 2 fully saturated rings. The number of hydrogen-bond acceptors (Lipinski definition) is 4. The predicted octanol–water partition coefficient (Wildman–Crippen LogP) is 2.40. The molecule has 114 valence electrons. The van der Waals surface area contributed by atoms with E-state index >= 15 is 0 Å². The molecule has 1 aromatic rings. The van der Waals surface area contributed by atoms with Gasteiger partial charge in [-0.15, -0.1) is 0 Å². The molecule has 0 aliphatic carbocycles. The first-order valence-corrected chi connectivity index (χ1v) is 8.14. The summed E-state index contributed by atoms with van der Waals surface area (Å²) < 4.78 is 0. The van der Waals surface area contributed by atoms with Crippen LogP contribution in [0.25, 0.3) is 0 Å². The molecule has 3 heterocycles. The van der Waals surface area contributed by atoms with Crippen LogP contribution in [-0.2, 0) is 0 Å². The molecule has 2 aliphatic heterocycles. The van der Waals surface area contributed by atoms with Crippen molar-refractivity contribution >= 4 is 11.9 Å². The second-order valence-electron chi connectivity index (χ2n) is 6.10. The van der Waals surface area contributed by atoms with Gasteiger partial charge in [0, 0.05) is 31.9 Å². The average molecular weight is 288 g/mol. The summed E-state index contributed by atoms with van der Waals surface area (Å²) in [6, 6.07) is 1.82. The van der Waals surface area contributed by atoms with Crippen molar-refractivity contribution in [3.63, 3.8) is 0 Å². The molecule has 1 aromatic heterocycles. The smallest absolute Gasteiger partial charge is 0.272 e. The highest BCUT2D eigenvalue weighted by atomic mass is 16.2. The van der Waals surface area contributed by atoms with Crippen molar-refractivity contribution in [1.29, 1.82) is 0 Å². The lowest BCUT2D eigenvalue weighted by Crippen LogP contribution is -2.37. The second kappa shape index (κ2) is 6.41. The number of hydrogen-bond donors (Lipinski definition) is 0. The first-order valence-electron chi connectivity index (χ1n) is 8.14. The zero-order valence-corrected chi connectivity index (χ0v) is 12.8. The largest absolute Gasteiger partial charge is 0.341 e. The van der Waals surface area contributed by atoms with Crippen LogP contribution in [0, 0.1) is 6.92 Å². The Hall–Kier alpha value is -1.65. The minimum absolute atomic E-state index is 0.0680. The SMILES string of the molecule is Cc1cc(C(=O)N2CCCCC2)nc(N2CCCCC2)n1. The molecule has 0 unspecified atom stereocenters. The summed E-state index contributed by atoms with van der Waals surface area (Å²) in [6.45, 7) is 5.67. The summed E-state index contributed by atoms with van der Waals surface area (Å²) in [4.78, 5) is 25.8. The van der Waals surface area contributed by atoms with Gasteiger partial charge in [0.15, 0.2) is 0 Å². The van der Waals surface area contributed by atoms with Gasteiger partial charge >= 0.3 is 0 Å². The van der Waals surface area contributed by atoms with E-state index in [0.717, 1.165) is 50.7 Å². The Bertz CT molecular complexity index is 505. The Labute approximate surface area is 126 Å². The maximum absolute atomic E-state index is 12.6. The van der Waals surface area contributed by atoms with Gasteiger partial charge in [0.05, 0.1) is 0 Å². The van der Waals surface area contributed by atoms with Crippen LogP contribution in [0.1, 0.15) is 54.7 Å². The molecule has 21 heavy (non-hydrogen) atoms. The van der Waals surface area contributed by atoms with Gasteiger partial charge in [-0.2, -0.15) is 0 Å². The number of amides is 1. The second-order valence-corrected chi connectivity index (χ2v) is 6.10. The number of aryl methyl sites for hydroxylation is 1. The van der Waals surface area contributed by atoms with E-state index in [4.69, 9.17) is 0 Å². The molecule has 0 N–H and O–H groups in total. The first kappa shape index (κ1) is 14.3. The number of carbonyl (C=O) groups excluding carboxylic acids is 1. The van der Waals surface area contributed by atoms with Gasteiger partial charge in [0.25, 0.3) is 5.91 Å². The molecule has 2 aliphatic rings. The van der Waals surface area contributed by atoms with E-state index in [1.807, 2.05) is 17.9 Å². The van der Waals surface area contributed by atoms with E-state index in [2.05, 4.69) is 14.9 Å². The first-order chi connectivity index (χ1) is 10.2. The van der Waals surface area contributed by atoms with E-state index in [1.165, 1.54) is 25.7 Å². The summed E-state index contributed by atoms with van der Waals surface area (Å²) in [7, 11) is 0. The Balaban J connectivity index is 1.81. The summed E-state index contributed by atoms with van der Waals surface area (Å²) in [5, 5.41) is 0. The Morgan fingerprint density at radius 3 is 2.24 bits per heavy atom. The molecule has 0 radical (unpaired) electrons. The van der Waals surface area contributed by atoms with Crippen LogP contribution >= 0.6 is 0 Å². The van der Waals surface area contributed by atoms with Crippen LogP contribution in [0.3, 0.4) is 0 Å². The third-order valence-corrected chi connectivity index (χ3v) is 4.34. The minimum atomic E-state index is 0.0680. The van der Waals surface area contributed by atoms with E-state index in [1.54, 1.807) is 0 Å². The highest BCUT2D eigenvalue weighted by Crippen LogP contribution is 2.18. The van der Waals surface area contributed by atoms with Crippen molar-refractivity contribution in [1.82, 2.24) is 14.9 Å². The van der Waals surface area contributed by atoms with Crippen molar-refractivity contribution < 1.29 is 4.79 Å². The van der Waals surface area contributed by atoms with Gasteiger partial charge < -0.3 is 9.80 Å². The summed E-state index contributed by atoms with van der Waals surface area (Å²) in [5.74, 6) is 0.800. The Kier molecular flexibility index (Phi) is 4.36. The number of aromatic nitrogens is 2. The molecule has 0 bridgehead atoms. The summed E-state index contributed by atoms with van der Waals surface area (Å²) in [6.07, 6.45) is 7.09. The van der Waals surface area contributed by atoms with Gasteiger partial charge in [-0.1, -0.05) is 0 Å². The normalized spacial score (nSPS) is 19.7. The van der Waals surface area contributed by atoms with Crippen molar-refractivity contribution in [2.45, 2.75) is 45.4 Å². The van der Waals surface area contributed by atoms with E-state index in [0.29, 0.717) is 5.69 Å². The fourth-order valence-corrected chi connectivity index (χ4v) is 3.16. The predicted molar refractivity (Wildman–Crippen MR) is 82.6 cm³/mol. The molecule has 0 aromatic carbocycles. The van der Waals surface area contributed by atoms with Crippen molar-refractivity contribution in [3.05, 3.63) is 17.5 Å². The molecule has 3 rings (SSSR count). The van der Waals surface area contributed by atoms with Crippen LogP contribution in [0.2, 0.25) is 0 Å². The van der Waals surface area contributed by atoms with Gasteiger partial charge in [-0.05, 0) is 51.5 Å². The molecule has 0 saturated carbocycles. The van der Waals surface area contributed by atoms with Crippen molar-refractivity contribution in [3.8, 4) is 0 Å². The van der Waals surface area contributed by atoms with Gasteiger partial charge in [0.2, 0.25) is 5.95 Å². The number of nitrogens with zero attached hydrogens (tertiary/aromatic N) is 4. The topological polar surface area (TPSA) is 49.3 Å². The summed E-state index contributed by atoms with van der Waals surface area (Å²) in [5.41, 5.74) is 1.44. The molecular weight excluding hydrogens is 264 g/mol. The van der Waals surface area contributed by atoms with Crippen LogP contribution < -0.4 is 4.90 Å². The van der Waals surface area contributed by atoms with Crippen LogP contribution in [0.15, 0.2) is 6.07 Å². The molecule has 1 amide bonds. The quantitative estimate of drug-likeness (QED) is 0.838. The fraction of sp³-hybridized carbons (Fsp3) is 0.688. The third-order valence-electron chi connectivity index (χ3n) is 4.34. The molecule has 0 spiro atoms. The van der Waals surface area contributed by atoms with E-state index in [9.17, 15) is 4.79 Å². The highest BCUT2D eigenvalue weighted by Gasteiger charge is 2.22. The molecule has 0 atom stereocenters. The third kappa shape index (κ3) is 3.34. The number of piperidine rings is 2. The highest BCUT2D eigenvalue weighted by molar-refractivity contribution is 5.92. The standard InChI is InChI=1S/C16H24N4O/c1-13-12-14(15(21)19-8-4-2-5-9-19)18-16(17-13)20-10-6-3-7-11-20/h12H,2-11H2,1H3. The maximum Gasteiger partial charge on any atom is 0.272 e. The number of carbonyl (C=O) groups is 1. The van der Waals surface area contributed by atoms with Crippen LogP contribution in [0.5, 0.6) is 0 Å². The van der Waals surface area contributed by atoms with Crippen molar-refractivity contribution in [2.24, 2.45) is 0 Å². The van der Waals surface area contributed by atoms with Crippen LogP contribution in [0.4, 0.5) is 5.95 Å². The Morgan fingerprint density at radius 2 is 1.57 bits per heavy atom. The lowest BCUT2D eigenvalue weighted by Gasteiger charge is -2.28. The monoisotopic (exact) mass is 288 g/mol. The molecule has 5 heteroatoms. The lowest BCUT2D eigenvalue weighted by molar-refractivity contribution is 0.0718. The fourth-order valence-electron chi connectivity index (χ4n) is 3.16. The maximum atomic E-state index is 12.6. The molecular formula is C16H24N4O. The number of anilines is 1. The van der Waals surface area contributed by atoms with E-state index < -0.39 is 0 Å². The van der Waals surface area contributed by atoms with Gasteiger partial charge in [0.1, 0.15) is 5.69 Å². The van der Waals surface area contributed by atoms with Gasteiger partial charge in [-0.3, -0.25) is 4.79 Å². The average Bonchev–Trinajstić information content (AvgIpc) is 2.55. The van der Waals surface area contributed by atoms with Crippen LogP contribution in [-0.4, -0.2) is 47.0 Å². The Morgan fingerprint density at radius 1 is 0.952 bits per heavy atom. The van der Waals surface area contributed by atoms with Crippen molar-refractivity contribution in [2.75, 3.05) is 31.1 Å². The number of rotatable bonds is 2. The molecule has 5 nitrogen and oxygen atoms in total. The zero-order chi connectivity index (χ0) is 14.7.